The molecule has 26 heavy (non-hydrogen) atoms. The van der Waals surface area contributed by atoms with Crippen LogP contribution < -0.4 is 5.32 Å². The summed E-state index contributed by atoms with van der Waals surface area (Å²) in [4.78, 5) is 29.2. The summed E-state index contributed by atoms with van der Waals surface area (Å²) in [5.41, 5.74) is 4.35. The lowest BCUT2D eigenvalue weighted by Crippen LogP contribution is -2.44. The summed E-state index contributed by atoms with van der Waals surface area (Å²) in [6.45, 7) is 10.0. The van der Waals surface area contributed by atoms with Gasteiger partial charge in [-0.3, -0.25) is 14.5 Å². The maximum atomic E-state index is 12.5. The number of aryl methyl sites for hydroxylation is 3. The third-order valence-electron chi connectivity index (χ3n) is 5.66. The molecule has 2 aliphatic heterocycles. The van der Waals surface area contributed by atoms with Crippen molar-refractivity contribution < 1.29 is 9.59 Å². The zero-order chi connectivity index (χ0) is 18.7. The molecule has 3 rings (SSSR count). The van der Waals surface area contributed by atoms with Crippen molar-refractivity contribution in [2.45, 2.75) is 46.5 Å². The molecule has 0 atom stereocenters. The summed E-state index contributed by atoms with van der Waals surface area (Å²) in [6, 6.07) is 4.19. The number of piperidine rings is 1. The van der Waals surface area contributed by atoms with E-state index in [0.29, 0.717) is 12.5 Å². The first-order chi connectivity index (χ1) is 12.4. The Hall–Kier alpha value is -1.88. The maximum absolute atomic E-state index is 12.5. The van der Waals surface area contributed by atoms with Crippen molar-refractivity contribution in [2.24, 2.45) is 5.92 Å². The number of nitrogens with zero attached hydrogens (tertiary/aromatic N) is 2. The zero-order valence-electron chi connectivity index (χ0n) is 16.3. The number of hydrogen-bond donors (Lipinski definition) is 1. The molecule has 0 spiro atoms. The molecule has 0 unspecified atom stereocenters. The minimum absolute atomic E-state index is 0.0318. The molecule has 2 fully saturated rings. The van der Waals surface area contributed by atoms with E-state index in [0.717, 1.165) is 68.7 Å². The number of benzene rings is 1. The number of anilines is 1. The van der Waals surface area contributed by atoms with Crippen molar-refractivity contribution in [1.82, 2.24) is 9.80 Å². The lowest BCUT2D eigenvalue weighted by molar-refractivity contribution is -0.136. The van der Waals surface area contributed by atoms with Gasteiger partial charge in [-0.05, 0) is 70.7 Å². The predicted octanol–water partition coefficient (Wildman–Crippen LogP) is 2.88. The molecule has 1 aromatic carbocycles. The van der Waals surface area contributed by atoms with Crippen LogP contribution in [-0.4, -0.2) is 54.3 Å². The predicted molar refractivity (Wildman–Crippen MR) is 104 cm³/mol. The summed E-state index contributed by atoms with van der Waals surface area (Å²) < 4.78 is 0. The molecular formula is C21H31N3O2. The number of carbonyl (C=O) groups is 2. The SMILES string of the molecule is Cc1cc(C)c(NC(=O)CN2CCC(C(=O)N3CCCC3)CC2)c(C)c1. The Morgan fingerprint density at radius 3 is 2.15 bits per heavy atom. The molecule has 5 heteroatoms. The van der Waals surface area contributed by atoms with Gasteiger partial charge in [0.1, 0.15) is 0 Å². The van der Waals surface area contributed by atoms with Crippen LogP contribution >= 0.6 is 0 Å². The van der Waals surface area contributed by atoms with Crippen LogP contribution in [0.1, 0.15) is 42.4 Å². The van der Waals surface area contributed by atoms with E-state index < -0.39 is 0 Å². The lowest BCUT2D eigenvalue weighted by atomic mass is 9.95. The Morgan fingerprint density at radius 1 is 1.00 bits per heavy atom. The van der Waals surface area contributed by atoms with Crippen LogP contribution in [0.3, 0.4) is 0 Å². The quantitative estimate of drug-likeness (QED) is 0.901. The molecule has 1 aromatic rings. The number of nitrogens with one attached hydrogen (secondary N) is 1. The summed E-state index contributed by atoms with van der Waals surface area (Å²) in [5, 5.41) is 3.08. The van der Waals surface area contributed by atoms with Gasteiger partial charge in [-0.1, -0.05) is 17.7 Å². The molecule has 2 saturated heterocycles. The molecule has 0 bridgehead atoms. The van der Waals surface area contributed by atoms with Crippen LogP contribution in [0.15, 0.2) is 12.1 Å². The standard InChI is InChI=1S/C21H31N3O2/c1-15-12-16(2)20(17(3)13-15)22-19(25)14-23-10-6-18(7-11-23)21(26)24-8-4-5-9-24/h12-13,18H,4-11,14H2,1-3H3,(H,22,25). The summed E-state index contributed by atoms with van der Waals surface area (Å²) >= 11 is 0. The first-order valence-electron chi connectivity index (χ1n) is 9.83. The Kier molecular flexibility index (Phi) is 5.97. The van der Waals surface area contributed by atoms with Gasteiger partial charge in [0.2, 0.25) is 11.8 Å². The van der Waals surface area contributed by atoms with Crippen LogP contribution in [0.2, 0.25) is 0 Å². The summed E-state index contributed by atoms with van der Waals surface area (Å²) in [7, 11) is 0. The minimum atomic E-state index is 0.0318. The highest BCUT2D eigenvalue weighted by Gasteiger charge is 2.30. The van der Waals surface area contributed by atoms with Crippen LogP contribution in [-0.2, 0) is 9.59 Å². The van der Waals surface area contributed by atoms with E-state index >= 15 is 0 Å². The molecule has 142 valence electrons. The van der Waals surface area contributed by atoms with Crippen molar-refractivity contribution >= 4 is 17.5 Å². The Balaban J connectivity index is 1.48. The topological polar surface area (TPSA) is 52.7 Å². The van der Waals surface area contributed by atoms with Gasteiger partial charge in [-0.2, -0.15) is 0 Å². The van der Waals surface area contributed by atoms with Crippen molar-refractivity contribution in [3.8, 4) is 0 Å². The van der Waals surface area contributed by atoms with Gasteiger partial charge in [0.25, 0.3) is 0 Å². The van der Waals surface area contributed by atoms with Gasteiger partial charge >= 0.3 is 0 Å². The second-order valence-electron chi connectivity index (χ2n) is 7.90. The number of hydrogen-bond acceptors (Lipinski definition) is 3. The van der Waals surface area contributed by atoms with Crippen LogP contribution in [0.5, 0.6) is 0 Å². The van der Waals surface area contributed by atoms with Crippen molar-refractivity contribution in [3.63, 3.8) is 0 Å². The molecule has 2 aliphatic rings. The molecule has 0 saturated carbocycles. The molecular weight excluding hydrogens is 326 g/mol. The highest BCUT2D eigenvalue weighted by Crippen LogP contribution is 2.24. The van der Waals surface area contributed by atoms with Crippen molar-refractivity contribution in [2.75, 3.05) is 38.0 Å². The summed E-state index contributed by atoms with van der Waals surface area (Å²) in [5.74, 6) is 0.510. The fraction of sp³-hybridized carbons (Fsp3) is 0.619. The van der Waals surface area contributed by atoms with E-state index in [9.17, 15) is 9.59 Å². The van der Waals surface area contributed by atoms with Gasteiger partial charge in [0.15, 0.2) is 0 Å². The van der Waals surface area contributed by atoms with Gasteiger partial charge < -0.3 is 10.2 Å². The van der Waals surface area contributed by atoms with Gasteiger partial charge in [-0.25, -0.2) is 0 Å². The van der Waals surface area contributed by atoms with Crippen molar-refractivity contribution in [3.05, 3.63) is 28.8 Å². The van der Waals surface area contributed by atoms with Crippen LogP contribution in [0, 0.1) is 26.7 Å². The number of carbonyl (C=O) groups excluding carboxylic acids is 2. The zero-order valence-corrected chi connectivity index (χ0v) is 16.3. The number of rotatable bonds is 4. The minimum Gasteiger partial charge on any atom is -0.342 e. The number of likely N-dealkylation sites (tertiary alicyclic amines) is 2. The monoisotopic (exact) mass is 357 g/mol. The second-order valence-corrected chi connectivity index (χ2v) is 7.90. The highest BCUT2D eigenvalue weighted by atomic mass is 16.2. The van der Waals surface area contributed by atoms with E-state index in [1.165, 1.54) is 5.56 Å². The molecule has 0 radical (unpaired) electrons. The maximum Gasteiger partial charge on any atom is 0.238 e. The molecule has 1 N–H and O–H groups in total. The molecule has 2 amide bonds. The van der Waals surface area contributed by atoms with Crippen LogP contribution in [0.4, 0.5) is 5.69 Å². The Bertz CT molecular complexity index is 649. The normalized spacial score (nSPS) is 19.0. The average Bonchev–Trinajstić information content (AvgIpc) is 3.13. The Labute approximate surface area is 156 Å². The fourth-order valence-corrected chi connectivity index (χ4v) is 4.29. The molecule has 0 aliphatic carbocycles. The van der Waals surface area contributed by atoms with Crippen molar-refractivity contribution in [1.29, 1.82) is 0 Å². The average molecular weight is 357 g/mol. The summed E-state index contributed by atoms with van der Waals surface area (Å²) in [6.07, 6.45) is 4.02. The van der Waals surface area contributed by atoms with E-state index in [1.54, 1.807) is 0 Å². The first-order valence-corrected chi connectivity index (χ1v) is 9.83. The Morgan fingerprint density at radius 2 is 1.58 bits per heavy atom. The van der Waals surface area contributed by atoms with Crippen LogP contribution in [0.25, 0.3) is 0 Å². The smallest absolute Gasteiger partial charge is 0.238 e. The lowest BCUT2D eigenvalue weighted by Gasteiger charge is -2.32. The third kappa shape index (κ3) is 4.44. The van der Waals surface area contributed by atoms with E-state index in [-0.39, 0.29) is 11.8 Å². The van der Waals surface area contributed by atoms with E-state index in [4.69, 9.17) is 0 Å². The molecule has 2 heterocycles. The van der Waals surface area contributed by atoms with E-state index in [2.05, 4.69) is 29.3 Å². The highest BCUT2D eigenvalue weighted by molar-refractivity contribution is 5.93. The molecule has 5 nitrogen and oxygen atoms in total. The van der Waals surface area contributed by atoms with Gasteiger partial charge in [0.05, 0.1) is 6.54 Å². The first kappa shape index (κ1) is 18.9. The molecule has 0 aromatic heterocycles. The number of amides is 2. The fourth-order valence-electron chi connectivity index (χ4n) is 4.29. The van der Waals surface area contributed by atoms with E-state index in [1.807, 2.05) is 18.7 Å². The largest absolute Gasteiger partial charge is 0.342 e. The second kappa shape index (κ2) is 8.21. The van der Waals surface area contributed by atoms with Gasteiger partial charge in [0, 0.05) is 24.7 Å². The van der Waals surface area contributed by atoms with Gasteiger partial charge in [-0.15, -0.1) is 0 Å². The third-order valence-corrected chi connectivity index (χ3v) is 5.66.